The second-order valence-corrected chi connectivity index (χ2v) is 8.18. The molecular formula is C17H21O3P. The molecule has 0 unspecified atom stereocenters. The summed E-state index contributed by atoms with van der Waals surface area (Å²) in [6, 6.07) is 18.0. The van der Waals surface area contributed by atoms with Crippen molar-refractivity contribution in [1.82, 2.24) is 0 Å². The van der Waals surface area contributed by atoms with E-state index in [1.54, 1.807) is 0 Å². The van der Waals surface area contributed by atoms with Gasteiger partial charge < -0.3 is 9.05 Å². The molecule has 3 nitrogen and oxygen atoms in total. The Morgan fingerprint density at radius 2 is 1.38 bits per heavy atom. The molecule has 112 valence electrons. The van der Waals surface area contributed by atoms with E-state index in [9.17, 15) is 4.57 Å². The largest absolute Gasteiger partial charge is 0.340 e. The minimum atomic E-state index is -3.25. The van der Waals surface area contributed by atoms with Crippen LogP contribution >= 0.6 is 7.60 Å². The molecule has 0 aliphatic carbocycles. The van der Waals surface area contributed by atoms with E-state index in [2.05, 4.69) is 0 Å². The Balaban J connectivity index is 2.63. The van der Waals surface area contributed by atoms with Crippen molar-refractivity contribution < 1.29 is 13.6 Å². The normalized spacial score (nSPS) is 12.4. The number of hydrogen-bond acceptors (Lipinski definition) is 3. The second-order valence-electron chi connectivity index (χ2n) is 5.33. The third kappa shape index (κ3) is 2.82. The van der Waals surface area contributed by atoms with Crippen LogP contribution in [0, 0.1) is 0 Å². The van der Waals surface area contributed by atoms with E-state index >= 15 is 0 Å². The Morgan fingerprint density at radius 1 is 0.857 bits per heavy atom. The molecule has 0 N–H and O–H groups in total. The summed E-state index contributed by atoms with van der Waals surface area (Å²) in [5.74, 6) is 0. The summed E-state index contributed by atoms with van der Waals surface area (Å²) in [6.07, 6.45) is 0. The van der Waals surface area contributed by atoms with Crippen LogP contribution in [-0.4, -0.2) is 14.2 Å². The van der Waals surface area contributed by atoms with E-state index < -0.39 is 12.8 Å². The zero-order chi connectivity index (χ0) is 15.5. The minimum absolute atomic E-state index is 0.747. The van der Waals surface area contributed by atoms with Gasteiger partial charge in [-0.1, -0.05) is 54.6 Å². The Bertz CT molecular complexity index is 642. The molecule has 0 aliphatic rings. The average Bonchev–Trinajstić information content (AvgIpc) is 2.54. The Kier molecular flexibility index (Phi) is 4.67. The third-order valence-electron chi connectivity index (χ3n) is 3.84. The predicted molar refractivity (Wildman–Crippen MR) is 86.5 cm³/mol. The van der Waals surface area contributed by atoms with E-state index in [4.69, 9.17) is 9.05 Å². The van der Waals surface area contributed by atoms with Crippen LogP contribution in [0.3, 0.4) is 0 Å². The molecule has 21 heavy (non-hydrogen) atoms. The van der Waals surface area contributed by atoms with Gasteiger partial charge in [-0.15, -0.1) is 0 Å². The molecule has 0 bridgehead atoms. The first-order valence-electron chi connectivity index (χ1n) is 6.83. The molecule has 0 aliphatic heterocycles. The molecular weight excluding hydrogens is 283 g/mol. The summed E-state index contributed by atoms with van der Waals surface area (Å²) < 4.78 is 23.4. The van der Waals surface area contributed by atoms with Gasteiger partial charge in [-0.05, 0) is 30.5 Å². The summed E-state index contributed by atoms with van der Waals surface area (Å²) in [5.41, 5.74) is 3.07. The lowest BCUT2D eigenvalue weighted by Gasteiger charge is -2.33. The highest BCUT2D eigenvalue weighted by molar-refractivity contribution is 7.55. The van der Waals surface area contributed by atoms with Crippen molar-refractivity contribution in [3.8, 4) is 11.1 Å². The van der Waals surface area contributed by atoms with Crippen LogP contribution in [0.1, 0.15) is 19.4 Å². The SMILES string of the molecule is COP(=O)(OC)C(C)(C)c1ccccc1-c1ccccc1. The smallest absolute Gasteiger partial charge is 0.311 e. The van der Waals surface area contributed by atoms with Crippen LogP contribution in [0.25, 0.3) is 11.1 Å². The fourth-order valence-corrected chi connectivity index (χ4v) is 4.12. The lowest BCUT2D eigenvalue weighted by molar-refractivity contribution is 0.252. The van der Waals surface area contributed by atoms with Gasteiger partial charge in [0, 0.05) is 14.2 Å². The van der Waals surface area contributed by atoms with Crippen LogP contribution in [-0.2, 0) is 18.8 Å². The molecule has 0 amide bonds. The molecule has 0 saturated carbocycles. The van der Waals surface area contributed by atoms with Crippen molar-refractivity contribution in [2.24, 2.45) is 0 Å². The summed E-state index contributed by atoms with van der Waals surface area (Å²) in [4.78, 5) is 0. The van der Waals surface area contributed by atoms with Crippen molar-refractivity contribution in [3.05, 3.63) is 60.2 Å². The van der Waals surface area contributed by atoms with Crippen LogP contribution in [0.4, 0.5) is 0 Å². The van der Waals surface area contributed by atoms with Gasteiger partial charge in [-0.3, -0.25) is 4.57 Å². The standard InChI is InChI=1S/C17H21O3P/c1-17(2,21(18,19-3)20-4)16-13-9-8-12-15(16)14-10-6-5-7-11-14/h5-13H,1-4H3. The number of rotatable bonds is 5. The number of hydrogen-bond donors (Lipinski definition) is 0. The van der Waals surface area contributed by atoms with Crippen LogP contribution in [0.2, 0.25) is 0 Å². The van der Waals surface area contributed by atoms with Gasteiger partial charge in [0.1, 0.15) is 0 Å². The van der Waals surface area contributed by atoms with Gasteiger partial charge in [0.2, 0.25) is 0 Å². The van der Waals surface area contributed by atoms with Gasteiger partial charge in [-0.2, -0.15) is 0 Å². The maximum absolute atomic E-state index is 12.9. The molecule has 2 aromatic rings. The molecule has 2 aromatic carbocycles. The third-order valence-corrected chi connectivity index (χ3v) is 6.41. The van der Waals surface area contributed by atoms with Crippen molar-refractivity contribution in [3.63, 3.8) is 0 Å². The summed E-state index contributed by atoms with van der Waals surface area (Å²) in [6.45, 7) is 3.78. The highest BCUT2D eigenvalue weighted by Gasteiger charge is 2.44. The molecule has 4 heteroatoms. The molecule has 2 rings (SSSR count). The highest BCUT2D eigenvalue weighted by atomic mass is 31.2. The first-order valence-corrected chi connectivity index (χ1v) is 8.37. The first kappa shape index (κ1) is 16.0. The molecule has 0 aromatic heterocycles. The van der Waals surface area contributed by atoms with E-state index in [-0.39, 0.29) is 0 Å². The van der Waals surface area contributed by atoms with Crippen molar-refractivity contribution in [2.45, 2.75) is 19.0 Å². The monoisotopic (exact) mass is 304 g/mol. The van der Waals surface area contributed by atoms with E-state index in [1.165, 1.54) is 14.2 Å². The lowest BCUT2D eigenvalue weighted by atomic mass is 9.92. The molecule has 0 fully saturated rings. The first-order chi connectivity index (χ1) is 9.96. The van der Waals surface area contributed by atoms with Crippen molar-refractivity contribution in [2.75, 3.05) is 14.2 Å². The molecule has 0 radical (unpaired) electrons. The molecule has 0 atom stereocenters. The zero-order valence-corrected chi connectivity index (χ0v) is 13.8. The Labute approximate surface area is 126 Å². The number of benzene rings is 2. The Hall–Kier alpha value is -1.41. The Morgan fingerprint density at radius 3 is 1.95 bits per heavy atom. The van der Waals surface area contributed by atoms with Crippen LogP contribution in [0.5, 0.6) is 0 Å². The van der Waals surface area contributed by atoms with Gasteiger partial charge in [0.25, 0.3) is 0 Å². The van der Waals surface area contributed by atoms with E-state index in [1.807, 2.05) is 68.4 Å². The minimum Gasteiger partial charge on any atom is -0.311 e. The van der Waals surface area contributed by atoms with Crippen molar-refractivity contribution in [1.29, 1.82) is 0 Å². The van der Waals surface area contributed by atoms with Crippen LogP contribution in [0.15, 0.2) is 54.6 Å². The zero-order valence-electron chi connectivity index (χ0n) is 12.9. The van der Waals surface area contributed by atoms with E-state index in [0.29, 0.717) is 0 Å². The predicted octanol–water partition coefficient (Wildman–Crippen LogP) is 5.07. The maximum Gasteiger partial charge on any atom is 0.340 e. The fourth-order valence-electron chi connectivity index (χ4n) is 2.56. The highest BCUT2D eigenvalue weighted by Crippen LogP contribution is 2.64. The maximum atomic E-state index is 12.9. The molecule has 0 saturated heterocycles. The van der Waals surface area contributed by atoms with Crippen molar-refractivity contribution >= 4 is 7.60 Å². The van der Waals surface area contributed by atoms with Gasteiger partial charge in [0.05, 0.1) is 5.16 Å². The summed E-state index contributed by atoms with van der Waals surface area (Å²) in [5, 5.41) is -0.747. The van der Waals surface area contributed by atoms with Crippen LogP contribution < -0.4 is 0 Å². The second kappa shape index (κ2) is 6.15. The van der Waals surface area contributed by atoms with Gasteiger partial charge >= 0.3 is 7.60 Å². The van der Waals surface area contributed by atoms with Gasteiger partial charge in [-0.25, -0.2) is 0 Å². The average molecular weight is 304 g/mol. The summed E-state index contributed by atoms with van der Waals surface area (Å²) >= 11 is 0. The van der Waals surface area contributed by atoms with E-state index in [0.717, 1.165) is 16.7 Å². The summed E-state index contributed by atoms with van der Waals surface area (Å²) in [7, 11) is -0.398. The topological polar surface area (TPSA) is 35.5 Å². The van der Waals surface area contributed by atoms with Gasteiger partial charge in [0.15, 0.2) is 0 Å². The lowest BCUT2D eigenvalue weighted by Crippen LogP contribution is -2.20. The molecule has 0 spiro atoms. The fraction of sp³-hybridized carbons (Fsp3) is 0.294. The quantitative estimate of drug-likeness (QED) is 0.723. The molecule has 0 heterocycles.